The number of carbonyl (C=O) groups excluding carboxylic acids is 1. The van der Waals surface area contributed by atoms with E-state index in [-0.39, 0.29) is 17.6 Å². The highest BCUT2D eigenvalue weighted by Crippen LogP contribution is 2.49. The Kier molecular flexibility index (Phi) is 6.20. The molecule has 4 atom stereocenters. The van der Waals surface area contributed by atoms with Crippen LogP contribution in [-0.2, 0) is 14.3 Å². The fraction of sp³-hybridized carbons (Fsp3) is 0.950. The largest absolute Gasteiger partial charge is 0.356 e. The molecule has 2 bridgehead atoms. The van der Waals surface area contributed by atoms with Crippen LogP contribution in [0.25, 0.3) is 0 Å². The summed E-state index contributed by atoms with van der Waals surface area (Å²) < 4.78 is 11.5. The summed E-state index contributed by atoms with van der Waals surface area (Å²) in [5, 5.41) is 3.15. The minimum atomic E-state index is -0.0674. The van der Waals surface area contributed by atoms with Gasteiger partial charge in [0.05, 0.1) is 13.2 Å². The van der Waals surface area contributed by atoms with Gasteiger partial charge in [-0.3, -0.25) is 4.79 Å². The second kappa shape index (κ2) is 8.18. The van der Waals surface area contributed by atoms with Gasteiger partial charge in [-0.05, 0) is 56.3 Å². The highest BCUT2D eigenvalue weighted by atomic mass is 16.7. The first-order valence-electron chi connectivity index (χ1n) is 10.1. The number of fused-ring (bicyclic) bond motifs is 2. The maximum Gasteiger partial charge on any atom is 0.220 e. The van der Waals surface area contributed by atoms with E-state index in [9.17, 15) is 4.79 Å². The van der Waals surface area contributed by atoms with E-state index in [1.54, 1.807) is 0 Å². The molecule has 2 aliphatic carbocycles. The van der Waals surface area contributed by atoms with Gasteiger partial charge >= 0.3 is 0 Å². The van der Waals surface area contributed by atoms with E-state index in [1.165, 1.54) is 25.7 Å². The van der Waals surface area contributed by atoms with Crippen molar-refractivity contribution in [3.8, 4) is 0 Å². The normalized spacial score (nSPS) is 32.2. The monoisotopic (exact) mass is 337 g/mol. The van der Waals surface area contributed by atoms with Gasteiger partial charge in [0.2, 0.25) is 5.91 Å². The minimum absolute atomic E-state index is 0.0674. The molecule has 1 amide bonds. The number of ether oxygens (including phenoxy) is 2. The molecular formula is C20H35NO3. The molecule has 4 nitrogen and oxygen atoms in total. The molecule has 0 spiro atoms. The topological polar surface area (TPSA) is 47.6 Å². The van der Waals surface area contributed by atoms with Gasteiger partial charge in [-0.15, -0.1) is 0 Å². The average Bonchev–Trinajstić information content (AvgIpc) is 3.29. The molecule has 0 aromatic carbocycles. The predicted octanol–water partition coefficient (Wildman–Crippen LogP) is 3.89. The van der Waals surface area contributed by atoms with Gasteiger partial charge in [-0.25, -0.2) is 0 Å². The zero-order chi connectivity index (χ0) is 17.0. The maximum atomic E-state index is 12.2. The van der Waals surface area contributed by atoms with E-state index in [0.29, 0.717) is 19.1 Å². The Hall–Kier alpha value is -0.610. The van der Waals surface area contributed by atoms with Crippen molar-refractivity contribution < 1.29 is 14.3 Å². The molecule has 1 N–H and O–H groups in total. The average molecular weight is 338 g/mol. The van der Waals surface area contributed by atoms with Crippen molar-refractivity contribution >= 4 is 5.91 Å². The fourth-order valence-corrected chi connectivity index (χ4v) is 5.35. The van der Waals surface area contributed by atoms with Crippen LogP contribution in [0.4, 0.5) is 0 Å². The van der Waals surface area contributed by atoms with Crippen LogP contribution in [0.2, 0.25) is 0 Å². The van der Waals surface area contributed by atoms with Crippen LogP contribution in [0.3, 0.4) is 0 Å². The van der Waals surface area contributed by atoms with E-state index in [0.717, 1.165) is 50.5 Å². The van der Waals surface area contributed by atoms with Crippen molar-refractivity contribution in [2.75, 3.05) is 19.8 Å². The molecule has 1 aliphatic heterocycles. The standard InChI is InChI=1S/C20H35NO3/c1-3-7-20(2,19-23-10-11-24-19)8-4-9-21-18(22)14-17-13-15-5-6-16(17)12-15/h15-17,19H,3-14H2,1-2H3,(H,21,22). The Morgan fingerprint density at radius 2 is 1.96 bits per heavy atom. The third-order valence-electron chi connectivity index (χ3n) is 6.59. The number of hydrogen-bond donors (Lipinski definition) is 1. The summed E-state index contributed by atoms with van der Waals surface area (Å²) in [5.74, 6) is 2.69. The zero-order valence-corrected chi connectivity index (χ0v) is 15.5. The first kappa shape index (κ1) is 18.2. The van der Waals surface area contributed by atoms with Crippen molar-refractivity contribution in [3.05, 3.63) is 0 Å². The first-order valence-corrected chi connectivity index (χ1v) is 10.1. The number of carbonyl (C=O) groups is 1. The van der Waals surface area contributed by atoms with Crippen molar-refractivity contribution in [3.63, 3.8) is 0 Å². The highest BCUT2D eigenvalue weighted by molar-refractivity contribution is 5.76. The summed E-state index contributed by atoms with van der Waals surface area (Å²) in [6.07, 6.45) is 10.4. The van der Waals surface area contributed by atoms with Crippen LogP contribution in [0.1, 0.15) is 71.6 Å². The predicted molar refractivity (Wildman–Crippen MR) is 94.5 cm³/mol. The molecule has 4 unspecified atom stereocenters. The maximum absolute atomic E-state index is 12.2. The van der Waals surface area contributed by atoms with E-state index >= 15 is 0 Å². The summed E-state index contributed by atoms with van der Waals surface area (Å²) in [5.41, 5.74) is 0.0700. The summed E-state index contributed by atoms with van der Waals surface area (Å²) in [6.45, 7) is 6.69. The van der Waals surface area contributed by atoms with Crippen molar-refractivity contribution in [1.82, 2.24) is 5.32 Å². The summed E-state index contributed by atoms with van der Waals surface area (Å²) >= 11 is 0. The molecule has 138 valence electrons. The quantitative estimate of drug-likeness (QED) is 0.649. The molecule has 3 fully saturated rings. The van der Waals surface area contributed by atoms with Crippen molar-refractivity contribution in [2.24, 2.45) is 23.2 Å². The lowest BCUT2D eigenvalue weighted by molar-refractivity contribution is -0.133. The lowest BCUT2D eigenvalue weighted by atomic mass is 9.80. The number of amides is 1. The number of nitrogens with one attached hydrogen (secondary N) is 1. The van der Waals surface area contributed by atoms with Crippen LogP contribution in [0.5, 0.6) is 0 Å². The summed E-state index contributed by atoms with van der Waals surface area (Å²) in [4.78, 5) is 12.2. The van der Waals surface area contributed by atoms with Gasteiger partial charge in [0.15, 0.2) is 6.29 Å². The van der Waals surface area contributed by atoms with Crippen LogP contribution >= 0.6 is 0 Å². The van der Waals surface area contributed by atoms with Crippen LogP contribution in [-0.4, -0.2) is 32.0 Å². The molecule has 24 heavy (non-hydrogen) atoms. The summed E-state index contributed by atoms with van der Waals surface area (Å²) in [7, 11) is 0. The molecule has 3 rings (SSSR count). The number of hydrogen-bond acceptors (Lipinski definition) is 3. The van der Waals surface area contributed by atoms with Crippen molar-refractivity contribution in [2.45, 2.75) is 77.9 Å². The lowest BCUT2D eigenvalue weighted by Gasteiger charge is -2.34. The minimum Gasteiger partial charge on any atom is -0.356 e. The molecular weight excluding hydrogens is 302 g/mol. The van der Waals surface area contributed by atoms with E-state index in [2.05, 4.69) is 19.2 Å². The second-order valence-corrected chi connectivity index (χ2v) is 8.57. The first-order chi connectivity index (χ1) is 11.6. The summed E-state index contributed by atoms with van der Waals surface area (Å²) in [6, 6.07) is 0. The molecule has 1 heterocycles. The van der Waals surface area contributed by atoms with E-state index < -0.39 is 0 Å². The van der Waals surface area contributed by atoms with Gasteiger partial charge in [0, 0.05) is 18.4 Å². The molecule has 3 aliphatic rings. The van der Waals surface area contributed by atoms with Gasteiger partial charge in [0.1, 0.15) is 0 Å². The van der Waals surface area contributed by atoms with Crippen molar-refractivity contribution in [1.29, 1.82) is 0 Å². The van der Waals surface area contributed by atoms with Gasteiger partial charge in [-0.1, -0.05) is 26.7 Å². The van der Waals surface area contributed by atoms with E-state index in [4.69, 9.17) is 9.47 Å². The van der Waals surface area contributed by atoms with Gasteiger partial charge in [0.25, 0.3) is 0 Å². The lowest BCUT2D eigenvalue weighted by Crippen LogP contribution is -2.35. The van der Waals surface area contributed by atoms with Crippen LogP contribution < -0.4 is 5.32 Å². The molecule has 0 aromatic heterocycles. The Bertz CT molecular complexity index is 421. The van der Waals surface area contributed by atoms with Gasteiger partial charge < -0.3 is 14.8 Å². The smallest absolute Gasteiger partial charge is 0.220 e. The Morgan fingerprint density at radius 3 is 2.58 bits per heavy atom. The SMILES string of the molecule is CCCC(C)(CCCNC(=O)CC1CC2CCC1C2)C1OCCO1. The third kappa shape index (κ3) is 4.32. The van der Waals surface area contributed by atoms with E-state index in [1.807, 2.05) is 0 Å². The highest BCUT2D eigenvalue weighted by Gasteiger charge is 2.40. The fourth-order valence-electron chi connectivity index (χ4n) is 5.35. The molecule has 2 saturated carbocycles. The molecule has 0 radical (unpaired) electrons. The van der Waals surface area contributed by atoms with Gasteiger partial charge in [-0.2, -0.15) is 0 Å². The zero-order valence-electron chi connectivity index (χ0n) is 15.5. The molecule has 4 heteroatoms. The Labute approximate surface area is 147 Å². The molecule has 0 aromatic rings. The third-order valence-corrected chi connectivity index (χ3v) is 6.59. The van der Waals surface area contributed by atoms with Crippen LogP contribution in [0.15, 0.2) is 0 Å². The Morgan fingerprint density at radius 1 is 1.17 bits per heavy atom. The van der Waals surface area contributed by atoms with Crippen LogP contribution in [0, 0.1) is 23.2 Å². The molecule has 1 saturated heterocycles. The Balaban J connectivity index is 1.35. The second-order valence-electron chi connectivity index (χ2n) is 8.57. The number of rotatable bonds is 9.